The highest BCUT2D eigenvalue weighted by Crippen LogP contribution is 2.23. The molecule has 0 unspecified atom stereocenters. The lowest BCUT2D eigenvalue weighted by molar-refractivity contribution is 0.139. The first-order valence-electron chi connectivity index (χ1n) is 10.8. The third kappa shape index (κ3) is 5.09. The average Bonchev–Trinajstić information content (AvgIpc) is 2.75. The Morgan fingerprint density at radius 1 is 0.929 bits per heavy atom. The summed E-state index contributed by atoms with van der Waals surface area (Å²) in [5.41, 5.74) is 1.44. The second kappa shape index (κ2) is 9.48. The fraction of sp³-hybridized carbons (Fsp3) is 0.565. The van der Waals surface area contributed by atoms with E-state index in [1.54, 1.807) is 0 Å². The highest BCUT2D eigenvalue weighted by atomic mass is 15.3. The molecular formula is C23H33N5. The second-order valence-corrected chi connectivity index (χ2v) is 8.37. The lowest BCUT2D eigenvalue weighted by atomic mass is 9.92. The van der Waals surface area contributed by atoms with Gasteiger partial charge in [-0.1, -0.05) is 30.3 Å². The molecule has 2 saturated heterocycles. The lowest BCUT2D eigenvalue weighted by Crippen LogP contribution is -2.52. The number of hydrogen-bond donors (Lipinski definition) is 0. The van der Waals surface area contributed by atoms with Crippen LogP contribution >= 0.6 is 0 Å². The van der Waals surface area contributed by atoms with Crippen molar-refractivity contribution in [2.24, 2.45) is 5.92 Å². The minimum absolute atomic E-state index is 0.565. The number of likely N-dealkylation sites (tertiary alicyclic amines) is 1. The van der Waals surface area contributed by atoms with Crippen molar-refractivity contribution in [3.05, 3.63) is 54.4 Å². The maximum atomic E-state index is 4.41. The van der Waals surface area contributed by atoms with Gasteiger partial charge in [0.2, 0.25) is 5.95 Å². The molecule has 0 amide bonds. The smallest absolute Gasteiger partial charge is 0.225 e. The number of benzene rings is 1. The van der Waals surface area contributed by atoms with Crippen molar-refractivity contribution in [1.82, 2.24) is 19.8 Å². The van der Waals surface area contributed by atoms with Crippen LogP contribution in [0.4, 0.5) is 5.95 Å². The Morgan fingerprint density at radius 3 is 2.39 bits per heavy atom. The van der Waals surface area contributed by atoms with E-state index in [1.165, 1.54) is 44.5 Å². The lowest BCUT2D eigenvalue weighted by Gasteiger charge is -2.41. The number of hydrogen-bond acceptors (Lipinski definition) is 5. The molecule has 0 aliphatic carbocycles. The number of anilines is 1. The van der Waals surface area contributed by atoms with Gasteiger partial charge in [0, 0.05) is 44.6 Å². The normalized spacial score (nSPS) is 22.5. The zero-order chi connectivity index (χ0) is 19.2. The zero-order valence-electron chi connectivity index (χ0n) is 17.1. The Hall–Kier alpha value is -1.98. The van der Waals surface area contributed by atoms with Crippen molar-refractivity contribution in [3.8, 4) is 0 Å². The monoisotopic (exact) mass is 379 g/mol. The maximum absolute atomic E-state index is 4.41. The van der Waals surface area contributed by atoms with Gasteiger partial charge >= 0.3 is 0 Å². The third-order valence-corrected chi connectivity index (χ3v) is 6.38. The molecular weight excluding hydrogens is 346 g/mol. The van der Waals surface area contributed by atoms with Crippen LogP contribution in [0, 0.1) is 5.92 Å². The van der Waals surface area contributed by atoms with E-state index in [4.69, 9.17) is 0 Å². The summed E-state index contributed by atoms with van der Waals surface area (Å²) < 4.78 is 0. The average molecular weight is 380 g/mol. The highest BCUT2D eigenvalue weighted by molar-refractivity contribution is 5.29. The van der Waals surface area contributed by atoms with Gasteiger partial charge in [-0.05, 0) is 63.4 Å². The van der Waals surface area contributed by atoms with Crippen LogP contribution in [0.3, 0.4) is 0 Å². The third-order valence-electron chi connectivity index (χ3n) is 6.38. The van der Waals surface area contributed by atoms with Crippen molar-refractivity contribution in [2.45, 2.75) is 38.8 Å². The molecule has 3 heterocycles. The molecule has 4 rings (SSSR count). The molecule has 2 aliphatic heterocycles. The topological polar surface area (TPSA) is 35.5 Å². The van der Waals surface area contributed by atoms with Crippen LogP contribution in [0.25, 0.3) is 0 Å². The van der Waals surface area contributed by atoms with Crippen molar-refractivity contribution in [3.63, 3.8) is 0 Å². The molecule has 2 aliphatic rings. The van der Waals surface area contributed by atoms with E-state index in [2.05, 4.69) is 61.9 Å². The summed E-state index contributed by atoms with van der Waals surface area (Å²) in [4.78, 5) is 16.4. The first kappa shape index (κ1) is 19.3. The number of aromatic nitrogens is 2. The minimum Gasteiger partial charge on any atom is -0.338 e. The van der Waals surface area contributed by atoms with E-state index in [1.807, 2.05) is 18.5 Å². The van der Waals surface area contributed by atoms with Gasteiger partial charge in [0.25, 0.3) is 0 Å². The minimum atomic E-state index is 0.565. The maximum Gasteiger partial charge on any atom is 0.225 e. The Morgan fingerprint density at radius 2 is 1.68 bits per heavy atom. The summed E-state index contributed by atoms with van der Waals surface area (Å²) in [5, 5.41) is 0. The molecule has 0 bridgehead atoms. The zero-order valence-corrected chi connectivity index (χ0v) is 17.1. The van der Waals surface area contributed by atoms with Crippen molar-refractivity contribution in [2.75, 3.05) is 44.2 Å². The molecule has 0 saturated carbocycles. The van der Waals surface area contributed by atoms with E-state index in [0.717, 1.165) is 38.0 Å². The Labute approximate surface area is 169 Å². The molecule has 150 valence electrons. The fourth-order valence-electron chi connectivity index (χ4n) is 4.59. The molecule has 0 spiro atoms. The van der Waals surface area contributed by atoms with Gasteiger partial charge < -0.3 is 4.90 Å². The molecule has 2 fully saturated rings. The Balaban J connectivity index is 1.18. The van der Waals surface area contributed by atoms with Crippen LogP contribution < -0.4 is 4.90 Å². The standard InChI is InChI=1S/C23H33N5/c1-20-18-28(23-24-11-5-12-25-23)17-16-27(20)15-10-21-8-13-26(14-9-21)19-22-6-3-2-4-7-22/h2-7,11-12,20-21H,8-10,13-19H2,1H3/t20-/m1/s1. The molecule has 0 radical (unpaired) electrons. The van der Waals surface area contributed by atoms with Gasteiger partial charge in [0.05, 0.1) is 0 Å². The molecule has 1 atom stereocenters. The van der Waals surface area contributed by atoms with Gasteiger partial charge in [-0.25, -0.2) is 9.97 Å². The van der Waals surface area contributed by atoms with Crippen LogP contribution in [0.15, 0.2) is 48.8 Å². The molecule has 0 N–H and O–H groups in total. The first-order valence-corrected chi connectivity index (χ1v) is 10.8. The van der Waals surface area contributed by atoms with Crippen molar-refractivity contribution >= 4 is 5.95 Å². The highest BCUT2D eigenvalue weighted by Gasteiger charge is 2.26. The molecule has 1 aromatic carbocycles. The van der Waals surface area contributed by atoms with E-state index < -0.39 is 0 Å². The summed E-state index contributed by atoms with van der Waals surface area (Å²) in [6, 6.07) is 13.3. The van der Waals surface area contributed by atoms with Crippen LogP contribution in [0.1, 0.15) is 31.7 Å². The van der Waals surface area contributed by atoms with Crippen LogP contribution in [-0.4, -0.2) is 65.1 Å². The number of rotatable bonds is 6. The summed E-state index contributed by atoms with van der Waals surface area (Å²) in [6.45, 7) is 10.3. The predicted molar refractivity (Wildman–Crippen MR) is 114 cm³/mol. The molecule has 2 aromatic rings. The van der Waals surface area contributed by atoms with E-state index in [0.29, 0.717) is 6.04 Å². The number of nitrogens with zero attached hydrogens (tertiary/aromatic N) is 5. The van der Waals surface area contributed by atoms with Crippen LogP contribution in [0.2, 0.25) is 0 Å². The molecule has 5 heteroatoms. The van der Waals surface area contributed by atoms with Crippen molar-refractivity contribution in [1.29, 1.82) is 0 Å². The van der Waals surface area contributed by atoms with E-state index in [9.17, 15) is 0 Å². The summed E-state index contributed by atoms with van der Waals surface area (Å²) >= 11 is 0. The molecule has 1 aromatic heterocycles. The fourth-order valence-corrected chi connectivity index (χ4v) is 4.59. The number of piperidine rings is 1. The van der Waals surface area contributed by atoms with Crippen molar-refractivity contribution < 1.29 is 0 Å². The first-order chi connectivity index (χ1) is 13.8. The largest absolute Gasteiger partial charge is 0.338 e. The summed E-state index contributed by atoms with van der Waals surface area (Å²) in [5.74, 6) is 1.76. The SMILES string of the molecule is C[C@@H]1CN(c2ncccn2)CCN1CCC1CCN(Cc2ccccc2)CC1. The van der Waals surface area contributed by atoms with Gasteiger partial charge in [0.1, 0.15) is 0 Å². The van der Waals surface area contributed by atoms with Gasteiger partial charge in [-0.2, -0.15) is 0 Å². The van der Waals surface area contributed by atoms with Gasteiger partial charge in [-0.3, -0.25) is 9.80 Å². The molecule has 5 nitrogen and oxygen atoms in total. The molecule has 28 heavy (non-hydrogen) atoms. The predicted octanol–water partition coefficient (Wildman–Crippen LogP) is 3.29. The Kier molecular flexibility index (Phi) is 6.55. The Bertz CT molecular complexity index is 699. The quantitative estimate of drug-likeness (QED) is 0.770. The second-order valence-electron chi connectivity index (χ2n) is 8.37. The van der Waals surface area contributed by atoms with E-state index in [-0.39, 0.29) is 0 Å². The van der Waals surface area contributed by atoms with Crippen LogP contribution in [-0.2, 0) is 6.54 Å². The van der Waals surface area contributed by atoms with Gasteiger partial charge in [-0.15, -0.1) is 0 Å². The van der Waals surface area contributed by atoms with E-state index >= 15 is 0 Å². The summed E-state index contributed by atoms with van der Waals surface area (Å²) in [7, 11) is 0. The number of piperazine rings is 1. The summed E-state index contributed by atoms with van der Waals surface area (Å²) in [6.07, 6.45) is 7.70. The van der Waals surface area contributed by atoms with Crippen LogP contribution in [0.5, 0.6) is 0 Å². The van der Waals surface area contributed by atoms with Gasteiger partial charge in [0.15, 0.2) is 0 Å².